The van der Waals surface area contributed by atoms with Crippen molar-refractivity contribution in [1.29, 1.82) is 0 Å². The summed E-state index contributed by atoms with van der Waals surface area (Å²) in [5.41, 5.74) is 6.28. The van der Waals surface area contributed by atoms with Gasteiger partial charge in [0.25, 0.3) is 5.91 Å². The summed E-state index contributed by atoms with van der Waals surface area (Å²) in [6, 6.07) is 25.0. The molecular formula is C24H24N2O3. The molecule has 0 saturated carbocycles. The van der Waals surface area contributed by atoms with E-state index in [1.165, 1.54) is 0 Å². The van der Waals surface area contributed by atoms with Crippen LogP contribution < -0.4 is 15.5 Å². The summed E-state index contributed by atoms with van der Waals surface area (Å²) in [5, 5.41) is 12.1. The Hall–Kier alpha value is -3.57. The smallest absolute Gasteiger partial charge is 0.274 e. The number of ether oxygens (including phenoxy) is 1. The van der Waals surface area contributed by atoms with Crippen LogP contribution in [0, 0.1) is 0 Å². The van der Waals surface area contributed by atoms with Crippen molar-refractivity contribution in [2.24, 2.45) is 0 Å². The Balaban J connectivity index is 1.55. The first-order valence-corrected chi connectivity index (χ1v) is 9.36. The number of hydrogen-bond acceptors (Lipinski definition) is 4. The highest BCUT2D eigenvalue weighted by molar-refractivity contribution is 5.93. The average molecular weight is 388 g/mol. The van der Waals surface area contributed by atoms with Crippen LogP contribution in [-0.4, -0.2) is 17.7 Å². The molecule has 0 aliphatic rings. The third-order valence-electron chi connectivity index (χ3n) is 4.34. The van der Waals surface area contributed by atoms with Crippen LogP contribution in [-0.2, 0) is 6.61 Å². The van der Waals surface area contributed by atoms with E-state index in [1.807, 2.05) is 79.7 Å². The third kappa shape index (κ3) is 6.23. The van der Waals surface area contributed by atoms with E-state index >= 15 is 0 Å². The molecule has 0 unspecified atom stereocenters. The van der Waals surface area contributed by atoms with Crippen molar-refractivity contribution in [3.8, 4) is 5.75 Å². The molecule has 0 aliphatic heterocycles. The first-order chi connectivity index (χ1) is 14.1. The van der Waals surface area contributed by atoms with E-state index in [-0.39, 0.29) is 0 Å². The van der Waals surface area contributed by atoms with E-state index < -0.39 is 5.91 Å². The van der Waals surface area contributed by atoms with Crippen molar-refractivity contribution < 1.29 is 14.7 Å². The van der Waals surface area contributed by atoms with E-state index in [1.54, 1.807) is 17.6 Å². The zero-order valence-electron chi connectivity index (χ0n) is 16.3. The highest BCUT2D eigenvalue weighted by Gasteiger charge is 2.03. The van der Waals surface area contributed by atoms with E-state index in [0.717, 1.165) is 28.1 Å². The van der Waals surface area contributed by atoms with Crippen LogP contribution in [0.15, 0.2) is 84.4 Å². The molecule has 0 saturated heterocycles. The van der Waals surface area contributed by atoms with Gasteiger partial charge in [0.05, 0.1) is 0 Å². The summed E-state index contributed by atoms with van der Waals surface area (Å²) in [6.45, 7) is 3.26. The van der Waals surface area contributed by atoms with Gasteiger partial charge in [-0.3, -0.25) is 10.0 Å². The molecule has 3 aromatic rings. The summed E-state index contributed by atoms with van der Waals surface area (Å²) in [4.78, 5) is 11.4. The average Bonchev–Trinajstić information content (AvgIpc) is 2.77. The predicted molar refractivity (Wildman–Crippen MR) is 115 cm³/mol. The topological polar surface area (TPSA) is 70.6 Å². The highest BCUT2D eigenvalue weighted by Crippen LogP contribution is 2.19. The van der Waals surface area contributed by atoms with E-state index in [4.69, 9.17) is 9.94 Å². The van der Waals surface area contributed by atoms with Crippen LogP contribution in [0.3, 0.4) is 0 Å². The Kier molecular flexibility index (Phi) is 7.03. The molecule has 148 valence electrons. The van der Waals surface area contributed by atoms with E-state index in [9.17, 15) is 4.79 Å². The summed E-state index contributed by atoms with van der Waals surface area (Å²) in [6.07, 6.45) is 2.05. The van der Waals surface area contributed by atoms with Gasteiger partial charge in [-0.2, -0.15) is 0 Å². The number of nitrogens with one attached hydrogen (secondary N) is 2. The number of carbonyl (C=O) groups is 1. The largest absolute Gasteiger partial charge is 0.489 e. The molecule has 5 heteroatoms. The number of amides is 1. The van der Waals surface area contributed by atoms with Gasteiger partial charge in [-0.25, -0.2) is 5.48 Å². The van der Waals surface area contributed by atoms with Crippen molar-refractivity contribution >= 4 is 17.7 Å². The molecule has 3 aromatic carbocycles. The number of rotatable bonds is 8. The van der Waals surface area contributed by atoms with Crippen molar-refractivity contribution in [2.45, 2.75) is 13.5 Å². The first kappa shape index (κ1) is 20.2. The van der Waals surface area contributed by atoms with Crippen LogP contribution in [0.1, 0.15) is 28.4 Å². The maximum absolute atomic E-state index is 11.4. The summed E-state index contributed by atoms with van der Waals surface area (Å²) in [7, 11) is 0. The van der Waals surface area contributed by atoms with Crippen molar-refractivity contribution in [1.82, 2.24) is 5.48 Å². The number of hydroxylamine groups is 1. The standard InChI is InChI=1S/C24H24N2O3/c1-18(14-19-10-12-21(13-11-19)24(27)26-28)16-25-22-8-5-9-23(15-22)29-17-20-6-3-2-4-7-20/h2-15,25,28H,16-17H2,1H3,(H,26,27)/b18-14+. The number of anilines is 1. The van der Waals surface area contributed by atoms with Crippen LogP contribution in [0.4, 0.5) is 5.69 Å². The zero-order valence-corrected chi connectivity index (χ0v) is 16.3. The lowest BCUT2D eigenvalue weighted by molar-refractivity contribution is 0.0706. The minimum Gasteiger partial charge on any atom is -0.489 e. The molecule has 5 nitrogen and oxygen atoms in total. The van der Waals surface area contributed by atoms with Gasteiger partial charge in [-0.15, -0.1) is 0 Å². The molecule has 0 fully saturated rings. The zero-order chi connectivity index (χ0) is 20.5. The fourth-order valence-electron chi connectivity index (χ4n) is 2.81. The van der Waals surface area contributed by atoms with Gasteiger partial charge >= 0.3 is 0 Å². The summed E-state index contributed by atoms with van der Waals surface area (Å²) >= 11 is 0. The molecule has 0 radical (unpaired) electrons. The van der Waals surface area contributed by atoms with Gasteiger partial charge in [-0.1, -0.05) is 60.2 Å². The van der Waals surface area contributed by atoms with Crippen molar-refractivity contribution in [3.05, 3.63) is 101 Å². The highest BCUT2D eigenvalue weighted by atomic mass is 16.5. The minimum absolute atomic E-state index is 0.410. The summed E-state index contributed by atoms with van der Waals surface area (Å²) in [5.74, 6) is 0.298. The Morgan fingerprint density at radius 1 is 1.00 bits per heavy atom. The number of carbonyl (C=O) groups excluding carboxylic acids is 1. The Morgan fingerprint density at radius 2 is 1.76 bits per heavy atom. The van der Waals surface area contributed by atoms with Crippen LogP contribution in [0.5, 0.6) is 5.75 Å². The van der Waals surface area contributed by atoms with Gasteiger partial charge < -0.3 is 10.1 Å². The third-order valence-corrected chi connectivity index (χ3v) is 4.34. The fraction of sp³-hybridized carbons (Fsp3) is 0.125. The molecule has 0 aliphatic carbocycles. The Labute approximate surface area is 170 Å². The van der Waals surface area contributed by atoms with E-state index in [0.29, 0.717) is 18.7 Å². The molecule has 3 N–H and O–H groups in total. The second-order valence-electron chi connectivity index (χ2n) is 6.71. The maximum atomic E-state index is 11.4. The van der Waals surface area contributed by atoms with Crippen LogP contribution in [0.2, 0.25) is 0 Å². The van der Waals surface area contributed by atoms with Crippen LogP contribution in [0.25, 0.3) is 6.08 Å². The lowest BCUT2D eigenvalue weighted by Gasteiger charge is -2.10. The van der Waals surface area contributed by atoms with Crippen LogP contribution >= 0.6 is 0 Å². The van der Waals surface area contributed by atoms with Gasteiger partial charge in [0.2, 0.25) is 0 Å². The molecular weight excluding hydrogens is 364 g/mol. The minimum atomic E-state index is -0.520. The van der Waals surface area contributed by atoms with Gasteiger partial charge in [0, 0.05) is 23.9 Å². The monoisotopic (exact) mass is 388 g/mol. The molecule has 29 heavy (non-hydrogen) atoms. The quantitative estimate of drug-likeness (QED) is 0.379. The Bertz CT molecular complexity index is 967. The molecule has 0 bridgehead atoms. The number of benzene rings is 3. The summed E-state index contributed by atoms with van der Waals surface area (Å²) < 4.78 is 5.87. The molecule has 0 spiro atoms. The maximum Gasteiger partial charge on any atom is 0.274 e. The van der Waals surface area contributed by atoms with E-state index in [2.05, 4.69) is 5.32 Å². The van der Waals surface area contributed by atoms with Crippen molar-refractivity contribution in [3.63, 3.8) is 0 Å². The second kappa shape index (κ2) is 10.1. The van der Waals surface area contributed by atoms with Gasteiger partial charge in [0.15, 0.2) is 0 Å². The van der Waals surface area contributed by atoms with Gasteiger partial charge in [-0.05, 0) is 42.3 Å². The first-order valence-electron chi connectivity index (χ1n) is 9.36. The molecule has 0 aromatic heterocycles. The molecule has 0 heterocycles. The SMILES string of the molecule is C/C(=C\c1ccc(C(=O)NO)cc1)CNc1cccc(OCc2ccccc2)c1. The predicted octanol–water partition coefficient (Wildman–Crippen LogP) is 4.90. The van der Waals surface area contributed by atoms with Gasteiger partial charge in [0.1, 0.15) is 12.4 Å². The Morgan fingerprint density at radius 3 is 2.48 bits per heavy atom. The fourth-order valence-corrected chi connectivity index (χ4v) is 2.81. The number of hydrogen-bond donors (Lipinski definition) is 3. The normalized spacial score (nSPS) is 11.0. The second-order valence-corrected chi connectivity index (χ2v) is 6.71. The lowest BCUT2D eigenvalue weighted by Crippen LogP contribution is -2.18. The lowest BCUT2D eigenvalue weighted by atomic mass is 10.1. The molecule has 3 rings (SSSR count). The molecule has 1 amide bonds. The van der Waals surface area contributed by atoms with Crippen molar-refractivity contribution in [2.75, 3.05) is 11.9 Å². The molecule has 0 atom stereocenters.